The van der Waals surface area contributed by atoms with Gasteiger partial charge in [0.05, 0.1) is 11.3 Å². The number of nitriles is 1. The molecule has 0 aromatic heterocycles. The number of nitrogens with one attached hydrogen (secondary N) is 2. The molecule has 0 radical (unpaired) electrons. The van der Waals surface area contributed by atoms with Crippen LogP contribution < -0.4 is 10.6 Å². The number of hydrogen-bond acceptors (Lipinski definition) is 2. The number of urea groups is 1. The molecule has 4 heteroatoms. The number of carbonyl (C=O) groups excluding carboxylic acids is 1. The van der Waals surface area contributed by atoms with Crippen LogP contribution in [0.3, 0.4) is 0 Å². The summed E-state index contributed by atoms with van der Waals surface area (Å²) in [5.74, 6) is 0. The molecule has 4 nitrogen and oxygen atoms in total. The Morgan fingerprint density at radius 3 is 2.47 bits per heavy atom. The van der Waals surface area contributed by atoms with Crippen molar-refractivity contribution in [1.82, 2.24) is 0 Å². The summed E-state index contributed by atoms with van der Waals surface area (Å²) in [7, 11) is 0. The SMILES string of the molecule is Cc1cccc(NC(=O)Nc2ccccc2)c1C#N. The van der Waals surface area contributed by atoms with Gasteiger partial charge in [-0.1, -0.05) is 30.3 Å². The second kappa shape index (κ2) is 5.69. The van der Waals surface area contributed by atoms with Gasteiger partial charge in [0.1, 0.15) is 6.07 Å². The van der Waals surface area contributed by atoms with Crippen LogP contribution in [0, 0.1) is 18.3 Å². The molecule has 0 aliphatic carbocycles. The second-order valence-corrected chi connectivity index (χ2v) is 4.05. The highest BCUT2D eigenvalue weighted by molar-refractivity contribution is 6.00. The minimum Gasteiger partial charge on any atom is -0.308 e. The highest BCUT2D eigenvalue weighted by atomic mass is 16.2. The van der Waals surface area contributed by atoms with Crippen molar-refractivity contribution in [3.63, 3.8) is 0 Å². The largest absolute Gasteiger partial charge is 0.323 e. The number of benzene rings is 2. The van der Waals surface area contributed by atoms with E-state index in [9.17, 15) is 4.79 Å². The molecule has 0 saturated heterocycles. The van der Waals surface area contributed by atoms with E-state index in [4.69, 9.17) is 5.26 Å². The number of nitrogens with zero attached hydrogens (tertiary/aromatic N) is 1. The summed E-state index contributed by atoms with van der Waals surface area (Å²) >= 11 is 0. The van der Waals surface area contributed by atoms with E-state index in [-0.39, 0.29) is 6.03 Å². The standard InChI is InChI=1S/C15H13N3O/c1-11-6-5-9-14(13(11)10-16)18-15(19)17-12-7-3-2-4-8-12/h2-9H,1H3,(H2,17,18,19). The maximum Gasteiger partial charge on any atom is 0.323 e. The molecule has 0 bridgehead atoms. The molecule has 2 aromatic carbocycles. The quantitative estimate of drug-likeness (QED) is 0.857. The summed E-state index contributed by atoms with van der Waals surface area (Å²) in [6.45, 7) is 1.83. The monoisotopic (exact) mass is 251 g/mol. The number of aryl methyl sites for hydroxylation is 1. The number of amides is 2. The highest BCUT2D eigenvalue weighted by Crippen LogP contribution is 2.18. The van der Waals surface area contributed by atoms with E-state index in [0.29, 0.717) is 16.9 Å². The van der Waals surface area contributed by atoms with Gasteiger partial charge in [-0.3, -0.25) is 0 Å². The fourth-order valence-electron chi connectivity index (χ4n) is 1.73. The van der Waals surface area contributed by atoms with Gasteiger partial charge in [0, 0.05) is 5.69 Å². The minimum absolute atomic E-state index is 0.367. The lowest BCUT2D eigenvalue weighted by Gasteiger charge is -2.10. The summed E-state index contributed by atoms with van der Waals surface area (Å²) in [5.41, 5.74) is 2.52. The molecule has 0 fully saturated rings. The van der Waals surface area contributed by atoms with Crippen molar-refractivity contribution in [2.45, 2.75) is 6.92 Å². The van der Waals surface area contributed by atoms with Crippen molar-refractivity contribution >= 4 is 17.4 Å². The fourth-order valence-corrected chi connectivity index (χ4v) is 1.73. The number of para-hydroxylation sites is 1. The first-order valence-corrected chi connectivity index (χ1v) is 5.83. The summed E-state index contributed by atoms with van der Waals surface area (Å²) in [5, 5.41) is 14.5. The number of anilines is 2. The average molecular weight is 251 g/mol. The molecule has 0 aliphatic rings. The average Bonchev–Trinajstić information content (AvgIpc) is 2.40. The third kappa shape index (κ3) is 3.11. The summed E-state index contributed by atoms with van der Waals surface area (Å²) in [6, 6.07) is 16.2. The van der Waals surface area contributed by atoms with Gasteiger partial charge in [0.25, 0.3) is 0 Å². The zero-order valence-corrected chi connectivity index (χ0v) is 10.5. The van der Waals surface area contributed by atoms with Gasteiger partial charge >= 0.3 is 6.03 Å². The Kier molecular flexibility index (Phi) is 3.79. The zero-order chi connectivity index (χ0) is 13.7. The summed E-state index contributed by atoms with van der Waals surface area (Å²) in [6.07, 6.45) is 0. The van der Waals surface area contributed by atoms with Crippen LogP contribution >= 0.6 is 0 Å². The van der Waals surface area contributed by atoms with E-state index < -0.39 is 0 Å². The molecule has 19 heavy (non-hydrogen) atoms. The van der Waals surface area contributed by atoms with Crippen molar-refractivity contribution in [2.24, 2.45) is 0 Å². The predicted octanol–water partition coefficient (Wildman–Crippen LogP) is 3.51. The molecule has 0 aliphatic heterocycles. The topological polar surface area (TPSA) is 64.9 Å². The van der Waals surface area contributed by atoms with Crippen LogP contribution in [0.15, 0.2) is 48.5 Å². The summed E-state index contributed by atoms with van der Waals surface area (Å²) < 4.78 is 0. The predicted molar refractivity (Wildman–Crippen MR) is 75.0 cm³/mol. The lowest BCUT2D eigenvalue weighted by atomic mass is 10.1. The van der Waals surface area contributed by atoms with Crippen LogP contribution in [0.5, 0.6) is 0 Å². The normalized spacial score (nSPS) is 9.47. The van der Waals surface area contributed by atoms with Gasteiger partial charge in [0.2, 0.25) is 0 Å². The Morgan fingerprint density at radius 2 is 1.79 bits per heavy atom. The molecule has 2 rings (SSSR count). The van der Waals surface area contributed by atoms with E-state index >= 15 is 0 Å². The summed E-state index contributed by atoms with van der Waals surface area (Å²) in [4.78, 5) is 11.8. The van der Waals surface area contributed by atoms with Crippen LogP contribution in [0.25, 0.3) is 0 Å². The molecular weight excluding hydrogens is 238 g/mol. The van der Waals surface area contributed by atoms with Gasteiger partial charge in [0.15, 0.2) is 0 Å². The fraction of sp³-hybridized carbons (Fsp3) is 0.0667. The van der Waals surface area contributed by atoms with Crippen molar-refractivity contribution in [3.05, 3.63) is 59.7 Å². The molecule has 0 spiro atoms. The first-order chi connectivity index (χ1) is 9.20. The molecule has 94 valence electrons. The highest BCUT2D eigenvalue weighted by Gasteiger charge is 2.08. The third-order valence-corrected chi connectivity index (χ3v) is 2.66. The third-order valence-electron chi connectivity index (χ3n) is 2.66. The van der Waals surface area contributed by atoms with Crippen LogP contribution in [0.2, 0.25) is 0 Å². The molecule has 0 atom stereocenters. The van der Waals surface area contributed by atoms with Gasteiger partial charge in [-0.15, -0.1) is 0 Å². The van der Waals surface area contributed by atoms with Gasteiger partial charge in [-0.25, -0.2) is 4.79 Å². The second-order valence-electron chi connectivity index (χ2n) is 4.05. The van der Waals surface area contributed by atoms with Crippen molar-refractivity contribution in [3.8, 4) is 6.07 Å². The van der Waals surface area contributed by atoms with Gasteiger partial charge in [-0.2, -0.15) is 5.26 Å². The van der Waals surface area contributed by atoms with Gasteiger partial charge < -0.3 is 10.6 Å². The van der Waals surface area contributed by atoms with Crippen molar-refractivity contribution in [2.75, 3.05) is 10.6 Å². The Balaban J connectivity index is 2.12. The Bertz CT molecular complexity index is 630. The van der Waals surface area contributed by atoms with E-state index in [1.807, 2.05) is 31.2 Å². The zero-order valence-electron chi connectivity index (χ0n) is 10.5. The van der Waals surface area contributed by atoms with Crippen LogP contribution in [-0.2, 0) is 0 Å². The van der Waals surface area contributed by atoms with Crippen LogP contribution in [-0.4, -0.2) is 6.03 Å². The van der Waals surface area contributed by atoms with Gasteiger partial charge in [-0.05, 0) is 30.7 Å². The minimum atomic E-state index is -0.367. The first-order valence-electron chi connectivity index (χ1n) is 5.83. The number of rotatable bonds is 2. The molecule has 2 amide bonds. The van der Waals surface area contributed by atoms with Crippen LogP contribution in [0.1, 0.15) is 11.1 Å². The van der Waals surface area contributed by atoms with Crippen LogP contribution in [0.4, 0.5) is 16.2 Å². The molecule has 0 saturated carbocycles. The van der Waals surface area contributed by atoms with E-state index in [1.165, 1.54) is 0 Å². The molecular formula is C15H13N3O. The molecule has 2 N–H and O–H groups in total. The number of hydrogen-bond donors (Lipinski definition) is 2. The lowest BCUT2D eigenvalue weighted by Crippen LogP contribution is -2.20. The molecule has 0 unspecified atom stereocenters. The lowest BCUT2D eigenvalue weighted by molar-refractivity contribution is 0.262. The first kappa shape index (κ1) is 12.7. The maximum atomic E-state index is 11.8. The molecule has 0 heterocycles. The van der Waals surface area contributed by atoms with Crippen molar-refractivity contribution < 1.29 is 4.79 Å². The Labute approximate surface area is 111 Å². The Morgan fingerprint density at radius 1 is 1.05 bits per heavy atom. The Hall–Kier alpha value is -2.80. The van der Waals surface area contributed by atoms with E-state index in [2.05, 4.69) is 16.7 Å². The maximum absolute atomic E-state index is 11.8. The number of carbonyl (C=O) groups is 1. The smallest absolute Gasteiger partial charge is 0.308 e. The van der Waals surface area contributed by atoms with E-state index in [1.54, 1.807) is 24.3 Å². The molecule has 2 aromatic rings. The van der Waals surface area contributed by atoms with Crippen molar-refractivity contribution in [1.29, 1.82) is 5.26 Å². The van der Waals surface area contributed by atoms with E-state index in [0.717, 1.165) is 5.56 Å².